The number of nitrogens with zero attached hydrogens (tertiary/aromatic N) is 2. The number of rotatable bonds is 2. The Bertz CT molecular complexity index is 2260. The number of benzene rings is 4. The smallest absolute Gasteiger partial charge is 0.194 e. The number of aromatic nitrogens is 2. The zero-order valence-electron chi connectivity index (χ0n) is 27.1. The Morgan fingerprint density at radius 2 is 1.09 bits per heavy atom. The van der Waals surface area contributed by atoms with E-state index in [1.54, 1.807) is 0 Å². The molecule has 9 rings (SSSR count). The Morgan fingerprint density at radius 1 is 0.543 bits per heavy atom. The third-order valence-corrected chi connectivity index (χ3v) is 11.1. The highest BCUT2D eigenvalue weighted by Gasteiger charge is 2.58. The molecule has 0 saturated heterocycles. The highest BCUT2D eigenvalue weighted by Crippen LogP contribution is 2.55. The van der Waals surface area contributed by atoms with E-state index in [4.69, 9.17) is 6.58 Å². The molecule has 0 saturated carbocycles. The first-order valence-electron chi connectivity index (χ1n) is 16.6. The maximum atomic E-state index is 4.77. The zero-order chi connectivity index (χ0) is 31.3. The minimum Gasteiger partial charge on any atom is -0.194 e. The third kappa shape index (κ3) is 3.53. The summed E-state index contributed by atoms with van der Waals surface area (Å²) in [4.78, 5) is 0. The lowest BCUT2D eigenvalue weighted by molar-refractivity contribution is -0.698. The van der Waals surface area contributed by atoms with E-state index < -0.39 is 5.41 Å². The second kappa shape index (κ2) is 9.71. The molecule has 0 bridgehead atoms. The molecule has 46 heavy (non-hydrogen) atoms. The van der Waals surface area contributed by atoms with E-state index in [1.807, 2.05) is 0 Å². The summed E-state index contributed by atoms with van der Waals surface area (Å²) in [5, 5.41) is 0. The molecule has 0 unspecified atom stereocenters. The monoisotopic (exact) mass is 594 g/mol. The topological polar surface area (TPSA) is 7.76 Å². The number of aryl methyl sites for hydroxylation is 5. The molecular weight excluding hydrogens is 556 g/mol. The predicted molar refractivity (Wildman–Crippen MR) is 187 cm³/mol. The molecule has 2 aliphatic heterocycles. The molecule has 3 aliphatic rings. The van der Waals surface area contributed by atoms with E-state index in [0.29, 0.717) is 0 Å². The van der Waals surface area contributed by atoms with Gasteiger partial charge in [-0.25, -0.2) is 0 Å². The van der Waals surface area contributed by atoms with E-state index in [9.17, 15) is 0 Å². The summed E-state index contributed by atoms with van der Waals surface area (Å²) in [5.74, 6) is 0. The molecule has 0 fully saturated rings. The van der Waals surface area contributed by atoms with Crippen LogP contribution in [0, 0.1) is 27.7 Å². The molecule has 6 aromatic rings. The molecule has 0 spiro atoms. The van der Waals surface area contributed by atoms with Crippen LogP contribution in [0.3, 0.4) is 0 Å². The van der Waals surface area contributed by atoms with E-state index >= 15 is 0 Å². The SMILES string of the molecule is C=C1Cc2cc(C)c(C)cc2-c2cccc(C3(c4cccc5[n+]4CCc4cc(C)c(C)cc4-5)c4ccccc4-c4ccccc43)[n+]21. The van der Waals surface area contributed by atoms with Crippen LogP contribution in [0.2, 0.25) is 0 Å². The van der Waals surface area contributed by atoms with Crippen LogP contribution in [-0.4, -0.2) is 0 Å². The third-order valence-electron chi connectivity index (χ3n) is 11.1. The number of hydrogen-bond acceptors (Lipinski definition) is 0. The van der Waals surface area contributed by atoms with Crippen molar-refractivity contribution >= 4 is 5.70 Å². The van der Waals surface area contributed by atoms with Crippen molar-refractivity contribution in [1.82, 2.24) is 0 Å². The first-order chi connectivity index (χ1) is 22.4. The molecule has 2 aromatic heterocycles. The Kier molecular flexibility index (Phi) is 5.75. The van der Waals surface area contributed by atoms with Gasteiger partial charge in [-0.2, -0.15) is 9.13 Å². The van der Waals surface area contributed by atoms with Gasteiger partial charge < -0.3 is 0 Å². The lowest BCUT2D eigenvalue weighted by Crippen LogP contribution is -2.55. The number of fused-ring (bicyclic) bond motifs is 9. The second-order valence-electron chi connectivity index (χ2n) is 13.6. The minimum absolute atomic E-state index is 0.545. The molecule has 0 radical (unpaired) electrons. The van der Waals surface area contributed by atoms with Gasteiger partial charge in [0, 0.05) is 36.2 Å². The van der Waals surface area contributed by atoms with Crippen LogP contribution in [0.5, 0.6) is 0 Å². The summed E-state index contributed by atoms with van der Waals surface area (Å²) < 4.78 is 5.13. The molecule has 4 heterocycles. The van der Waals surface area contributed by atoms with Crippen LogP contribution in [0.25, 0.3) is 39.3 Å². The molecule has 222 valence electrons. The lowest BCUT2D eigenvalue weighted by atomic mass is 9.70. The van der Waals surface area contributed by atoms with Crippen LogP contribution in [-0.2, 0) is 24.8 Å². The van der Waals surface area contributed by atoms with E-state index in [2.05, 4.69) is 146 Å². The van der Waals surface area contributed by atoms with Gasteiger partial charge in [-0.1, -0.05) is 60.7 Å². The molecule has 2 heteroatoms. The second-order valence-corrected chi connectivity index (χ2v) is 13.6. The maximum absolute atomic E-state index is 4.77. The predicted octanol–water partition coefficient (Wildman–Crippen LogP) is 8.78. The maximum Gasteiger partial charge on any atom is 0.218 e. The van der Waals surface area contributed by atoms with Crippen LogP contribution in [0.15, 0.2) is 116 Å². The van der Waals surface area contributed by atoms with Crippen LogP contribution >= 0.6 is 0 Å². The van der Waals surface area contributed by atoms with Gasteiger partial charge in [-0.05, 0) is 114 Å². The number of pyridine rings is 2. The van der Waals surface area contributed by atoms with Gasteiger partial charge in [-0.3, -0.25) is 0 Å². The zero-order valence-corrected chi connectivity index (χ0v) is 27.1. The first-order valence-corrected chi connectivity index (χ1v) is 16.6. The summed E-state index contributed by atoms with van der Waals surface area (Å²) >= 11 is 0. The highest BCUT2D eigenvalue weighted by atomic mass is 15.1. The lowest BCUT2D eigenvalue weighted by Gasteiger charge is -2.31. The van der Waals surface area contributed by atoms with Crippen molar-refractivity contribution < 1.29 is 9.13 Å². The van der Waals surface area contributed by atoms with Gasteiger partial charge in [0.2, 0.25) is 22.8 Å². The molecular formula is C44H38N2+2. The van der Waals surface area contributed by atoms with Gasteiger partial charge in [0.15, 0.2) is 17.7 Å². The molecule has 0 amide bonds. The summed E-state index contributed by atoms with van der Waals surface area (Å²) in [6.07, 6.45) is 1.85. The fourth-order valence-electron chi connectivity index (χ4n) is 8.73. The average molecular weight is 595 g/mol. The fourth-order valence-corrected chi connectivity index (χ4v) is 8.73. The van der Waals surface area contributed by atoms with E-state index in [1.165, 1.54) is 89.5 Å². The van der Waals surface area contributed by atoms with Gasteiger partial charge in [0.25, 0.3) is 0 Å². The van der Waals surface area contributed by atoms with Crippen molar-refractivity contribution in [3.63, 3.8) is 0 Å². The summed E-state index contributed by atoms with van der Waals surface area (Å²) in [7, 11) is 0. The number of hydrogen-bond donors (Lipinski definition) is 0. The van der Waals surface area contributed by atoms with Crippen molar-refractivity contribution in [1.29, 1.82) is 0 Å². The van der Waals surface area contributed by atoms with Crippen molar-refractivity contribution in [2.45, 2.75) is 52.5 Å². The Labute approximate surface area is 272 Å². The van der Waals surface area contributed by atoms with Gasteiger partial charge in [0.1, 0.15) is 0 Å². The first kappa shape index (κ1) is 27.2. The van der Waals surface area contributed by atoms with Crippen molar-refractivity contribution in [3.05, 3.63) is 172 Å². The average Bonchev–Trinajstić information content (AvgIpc) is 3.37. The van der Waals surface area contributed by atoms with E-state index in [-0.39, 0.29) is 0 Å². The fraction of sp³-hybridized carbons (Fsp3) is 0.182. The Balaban J connectivity index is 1.43. The standard InChI is InChI=1S/C44H38N2/c1-27-22-32-20-21-45-40(36(32)24-29(27)3)16-10-18-42(45)44(38-14-8-6-12-34(38)35-13-7-9-15-39(35)44)43-19-11-17-41-37-25-30(4)28(2)23-33(37)26-31(5)46(41)43/h6-19,22-25H,5,20-21,26H2,1-4H3/q+2. The normalized spacial score (nSPS) is 14.9. The Morgan fingerprint density at radius 3 is 1.76 bits per heavy atom. The number of allylic oxidation sites excluding steroid dienone is 1. The molecule has 2 nitrogen and oxygen atoms in total. The minimum atomic E-state index is -0.545. The quantitative estimate of drug-likeness (QED) is 0.177. The molecule has 4 aromatic carbocycles. The van der Waals surface area contributed by atoms with Gasteiger partial charge in [0.05, 0.1) is 12.0 Å². The molecule has 0 atom stereocenters. The van der Waals surface area contributed by atoms with Gasteiger partial charge >= 0.3 is 0 Å². The van der Waals surface area contributed by atoms with Crippen molar-refractivity contribution in [2.75, 3.05) is 0 Å². The largest absolute Gasteiger partial charge is 0.218 e. The van der Waals surface area contributed by atoms with Crippen molar-refractivity contribution in [2.24, 2.45) is 0 Å². The summed E-state index contributed by atoms with van der Waals surface area (Å²) in [5.41, 5.74) is 21.8. The summed E-state index contributed by atoms with van der Waals surface area (Å²) in [6.45, 7) is 14.6. The molecule has 1 aliphatic carbocycles. The molecule has 0 N–H and O–H groups in total. The Hall–Kier alpha value is -5.08. The van der Waals surface area contributed by atoms with Crippen molar-refractivity contribution in [3.8, 4) is 33.6 Å². The van der Waals surface area contributed by atoms with Crippen LogP contribution < -0.4 is 9.13 Å². The van der Waals surface area contributed by atoms with Crippen LogP contribution in [0.1, 0.15) is 55.9 Å². The van der Waals surface area contributed by atoms with Gasteiger partial charge in [-0.15, -0.1) is 0 Å². The van der Waals surface area contributed by atoms with E-state index in [0.717, 1.165) is 25.1 Å². The van der Waals surface area contributed by atoms with Crippen LogP contribution in [0.4, 0.5) is 0 Å². The highest BCUT2D eigenvalue weighted by molar-refractivity contribution is 5.85. The summed E-state index contributed by atoms with van der Waals surface area (Å²) in [6, 6.07) is 41.7.